The number of nitrogen functional groups attached to an aromatic ring is 1. The Balaban J connectivity index is 2.61. The highest BCUT2D eigenvalue weighted by Gasteiger charge is 2.29. The number of hydrogen-bond donors (Lipinski definition) is 1. The van der Waals surface area contributed by atoms with E-state index in [9.17, 15) is 0 Å². The Morgan fingerprint density at radius 1 is 1.39 bits per heavy atom. The van der Waals surface area contributed by atoms with Crippen LogP contribution in [0, 0.1) is 0 Å². The van der Waals surface area contributed by atoms with Crippen molar-refractivity contribution in [1.29, 1.82) is 0 Å². The number of halogens is 1. The zero-order valence-electron chi connectivity index (χ0n) is 10.8. The third-order valence-corrected chi connectivity index (χ3v) is 3.57. The molecule has 0 spiro atoms. The van der Waals surface area contributed by atoms with Crippen molar-refractivity contribution in [2.75, 3.05) is 5.73 Å². The van der Waals surface area contributed by atoms with E-state index in [4.69, 9.17) is 21.9 Å². The van der Waals surface area contributed by atoms with Gasteiger partial charge in [0.05, 0.1) is 5.56 Å². The SMILES string of the molecule is CCC(C)(C)c1onc(N)c1-c1cccc(Cl)c1. The van der Waals surface area contributed by atoms with Gasteiger partial charge in [0.15, 0.2) is 11.6 Å². The molecule has 2 aromatic rings. The van der Waals surface area contributed by atoms with E-state index in [0.717, 1.165) is 23.3 Å². The zero-order chi connectivity index (χ0) is 13.3. The van der Waals surface area contributed by atoms with Crippen LogP contribution in [-0.2, 0) is 5.41 Å². The van der Waals surface area contributed by atoms with Crippen LogP contribution in [0.2, 0.25) is 5.02 Å². The summed E-state index contributed by atoms with van der Waals surface area (Å²) in [5.74, 6) is 1.22. The molecule has 0 bridgehead atoms. The van der Waals surface area contributed by atoms with Crippen LogP contribution >= 0.6 is 11.6 Å². The van der Waals surface area contributed by atoms with Crippen molar-refractivity contribution < 1.29 is 4.52 Å². The number of rotatable bonds is 3. The molecular weight excluding hydrogens is 248 g/mol. The van der Waals surface area contributed by atoms with Crippen molar-refractivity contribution >= 4 is 17.4 Å². The number of benzene rings is 1. The summed E-state index contributed by atoms with van der Waals surface area (Å²) in [5.41, 5.74) is 7.61. The topological polar surface area (TPSA) is 52.0 Å². The molecule has 96 valence electrons. The van der Waals surface area contributed by atoms with Gasteiger partial charge in [0, 0.05) is 10.4 Å². The van der Waals surface area contributed by atoms with E-state index in [1.807, 2.05) is 24.3 Å². The maximum atomic E-state index is 6.02. The fourth-order valence-electron chi connectivity index (χ4n) is 1.85. The number of nitrogens with two attached hydrogens (primary N) is 1. The Morgan fingerprint density at radius 3 is 2.72 bits per heavy atom. The lowest BCUT2D eigenvalue weighted by atomic mass is 9.83. The molecule has 0 saturated carbocycles. The van der Waals surface area contributed by atoms with Crippen LogP contribution in [0.3, 0.4) is 0 Å². The molecule has 2 rings (SSSR count). The van der Waals surface area contributed by atoms with Gasteiger partial charge in [-0.25, -0.2) is 0 Å². The van der Waals surface area contributed by atoms with Crippen molar-refractivity contribution in [1.82, 2.24) is 5.16 Å². The second-order valence-corrected chi connectivity index (χ2v) is 5.46. The second kappa shape index (κ2) is 4.65. The molecule has 2 N–H and O–H groups in total. The third-order valence-electron chi connectivity index (χ3n) is 3.33. The van der Waals surface area contributed by atoms with Gasteiger partial charge in [0.1, 0.15) is 0 Å². The summed E-state index contributed by atoms with van der Waals surface area (Å²) in [7, 11) is 0. The third kappa shape index (κ3) is 2.23. The summed E-state index contributed by atoms with van der Waals surface area (Å²) < 4.78 is 5.43. The first kappa shape index (κ1) is 13.0. The predicted molar refractivity (Wildman–Crippen MR) is 74.7 cm³/mol. The first-order valence-corrected chi connectivity index (χ1v) is 6.35. The van der Waals surface area contributed by atoms with Crippen LogP contribution in [0.5, 0.6) is 0 Å². The average Bonchev–Trinajstić information content (AvgIpc) is 2.72. The van der Waals surface area contributed by atoms with Crippen LogP contribution < -0.4 is 5.73 Å². The molecular formula is C14H17ClN2O. The van der Waals surface area contributed by atoms with Gasteiger partial charge in [-0.2, -0.15) is 0 Å². The lowest BCUT2D eigenvalue weighted by Crippen LogP contribution is -2.15. The van der Waals surface area contributed by atoms with Gasteiger partial charge in [0.25, 0.3) is 0 Å². The first-order chi connectivity index (χ1) is 8.45. The molecule has 1 aromatic heterocycles. The molecule has 1 aromatic carbocycles. The molecule has 0 unspecified atom stereocenters. The molecule has 1 heterocycles. The predicted octanol–water partition coefficient (Wildman–Crippen LogP) is 4.26. The van der Waals surface area contributed by atoms with Crippen LogP contribution in [0.15, 0.2) is 28.8 Å². The van der Waals surface area contributed by atoms with Crippen molar-refractivity contribution in [2.45, 2.75) is 32.6 Å². The molecule has 0 amide bonds. The number of aromatic nitrogens is 1. The smallest absolute Gasteiger partial charge is 0.175 e. The van der Waals surface area contributed by atoms with Gasteiger partial charge in [-0.1, -0.05) is 49.7 Å². The summed E-state index contributed by atoms with van der Waals surface area (Å²) in [5, 5.41) is 4.57. The summed E-state index contributed by atoms with van der Waals surface area (Å²) in [4.78, 5) is 0. The highest BCUT2D eigenvalue weighted by atomic mass is 35.5. The van der Waals surface area contributed by atoms with Crippen LogP contribution in [-0.4, -0.2) is 5.16 Å². The molecule has 18 heavy (non-hydrogen) atoms. The minimum absolute atomic E-state index is 0.109. The average molecular weight is 265 g/mol. The summed E-state index contributed by atoms with van der Waals surface area (Å²) in [6.45, 7) is 6.34. The standard InChI is InChI=1S/C14H17ClN2O/c1-4-14(2,3)12-11(13(16)17-18-12)9-6-5-7-10(15)8-9/h5-8H,4H2,1-3H3,(H2,16,17). The maximum Gasteiger partial charge on any atom is 0.175 e. The van der Waals surface area contributed by atoms with E-state index < -0.39 is 0 Å². The van der Waals surface area contributed by atoms with Gasteiger partial charge < -0.3 is 10.3 Å². The molecule has 0 saturated heterocycles. The number of anilines is 1. The van der Waals surface area contributed by atoms with E-state index in [1.165, 1.54) is 0 Å². The van der Waals surface area contributed by atoms with Gasteiger partial charge >= 0.3 is 0 Å². The quantitative estimate of drug-likeness (QED) is 0.901. The van der Waals surface area contributed by atoms with Crippen molar-refractivity contribution in [3.05, 3.63) is 35.0 Å². The van der Waals surface area contributed by atoms with E-state index >= 15 is 0 Å². The number of nitrogens with zero attached hydrogens (tertiary/aromatic N) is 1. The van der Waals surface area contributed by atoms with E-state index in [-0.39, 0.29) is 5.41 Å². The van der Waals surface area contributed by atoms with Gasteiger partial charge in [-0.15, -0.1) is 0 Å². The van der Waals surface area contributed by atoms with Crippen molar-refractivity contribution in [3.8, 4) is 11.1 Å². The van der Waals surface area contributed by atoms with Crippen LogP contribution in [0.1, 0.15) is 33.0 Å². The van der Waals surface area contributed by atoms with Crippen LogP contribution in [0.4, 0.5) is 5.82 Å². The maximum absolute atomic E-state index is 6.02. The highest BCUT2D eigenvalue weighted by Crippen LogP contribution is 2.39. The zero-order valence-corrected chi connectivity index (χ0v) is 11.6. The molecule has 0 aliphatic rings. The second-order valence-electron chi connectivity index (χ2n) is 5.02. The Morgan fingerprint density at radius 2 is 2.11 bits per heavy atom. The minimum Gasteiger partial charge on any atom is -0.380 e. The van der Waals surface area contributed by atoms with E-state index in [0.29, 0.717) is 10.8 Å². The largest absolute Gasteiger partial charge is 0.380 e. The van der Waals surface area contributed by atoms with E-state index in [2.05, 4.69) is 25.9 Å². The first-order valence-electron chi connectivity index (χ1n) is 5.97. The molecule has 0 radical (unpaired) electrons. The van der Waals surface area contributed by atoms with Gasteiger partial charge in [-0.3, -0.25) is 0 Å². The highest BCUT2D eigenvalue weighted by molar-refractivity contribution is 6.30. The van der Waals surface area contributed by atoms with Crippen molar-refractivity contribution in [3.63, 3.8) is 0 Å². The normalized spacial score (nSPS) is 11.8. The minimum atomic E-state index is -0.109. The summed E-state index contributed by atoms with van der Waals surface area (Å²) >= 11 is 6.02. The molecule has 4 heteroatoms. The summed E-state index contributed by atoms with van der Waals surface area (Å²) in [6.07, 6.45) is 0.940. The lowest BCUT2D eigenvalue weighted by molar-refractivity contribution is 0.313. The monoisotopic (exact) mass is 264 g/mol. The van der Waals surface area contributed by atoms with Crippen molar-refractivity contribution in [2.24, 2.45) is 0 Å². The fraction of sp³-hybridized carbons (Fsp3) is 0.357. The molecule has 0 fully saturated rings. The molecule has 0 atom stereocenters. The summed E-state index contributed by atoms with van der Waals surface area (Å²) in [6, 6.07) is 7.57. The fourth-order valence-corrected chi connectivity index (χ4v) is 2.04. The van der Waals surface area contributed by atoms with Gasteiger partial charge in [-0.05, 0) is 24.1 Å². The Kier molecular flexibility index (Phi) is 3.35. The lowest BCUT2D eigenvalue weighted by Gasteiger charge is -2.20. The number of hydrogen-bond acceptors (Lipinski definition) is 3. The van der Waals surface area contributed by atoms with E-state index in [1.54, 1.807) is 0 Å². The Bertz CT molecular complexity index is 561. The van der Waals surface area contributed by atoms with Gasteiger partial charge in [0.2, 0.25) is 0 Å². The molecule has 3 nitrogen and oxygen atoms in total. The molecule has 0 aliphatic carbocycles. The van der Waals surface area contributed by atoms with Crippen LogP contribution in [0.25, 0.3) is 11.1 Å². The Hall–Kier alpha value is -1.48. The molecule has 0 aliphatic heterocycles. The Labute approximate surface area is 112 Å².